The predicted molar refractivity (Wildman–Crippen MR) is 72.6 cm³/mol. The third kappa shape index (κ3) is 7.09. The second kappa shape index (κ2) is 8.72. The molecule has 4 N–H and O–H groups in total. The van der Waals surface area contributed by atoms with E-state index in [1.807, 2.05) is 5.43 Å². The first-order chi connectivity index (χ1) is 9.99. The van der Waals surface area contributed by atoms with Crippen molar-refractivity contribution in [3.63, 3.8) is 0 Å². The second-order valence-corrected chi connectivity index (χ2v) is 4.76. The third-order valence-electron chi connectivity index (χ3n) is 3.10. The van der Waals surface area contributed by atoms with E-state index in [9.17, 15) is 19.2 Å². The summed E-state index contributed by atoms with van der Waals surface area (Å²) in [5.74, 6) is -2.82. The van der Waals surface area contributed by atoms with Crippen molar-refractivity contribution in [2.24, 2.45) is 5.92 Å². The maximum absolute atomic E-state index is 11.8. The first-order valence-electron chi connectivity index (χ1n) is 6.76. The van der Waals surface area contributed by atoms with Crippen molar-refractivity contribution in [3.8, 4) is 0 Å². The fourth-order valence-corrected chi connectivity index (χ4v) is 2.04. The van der Waals surface area contributed by atoms with Gasteiger partial charge in [-0.05, 0) is 12.8 Å². The summed E-state index contributed by atoms with van der Waals surface area (Å²) >= 11 is 0. The molecule has 116 valence electrons. The molecule has 0 radical (unpaired) electrons. The molecule has 0 saturated heterocycles. The number of carbonyl (C=O) groups is 4. The van der Waals surface area contributed by atoms with Crippen LogP contribution in [-0.4, -0.2) is 35.3 Å². The van der Waals surface area contributed by atoms with Gasteiger partial charge < -0.3 is 10.4 Å². The van der Waals surface area contributed by atoms with Crippen LogP contribution < -0.4 is 16.2 Å². The lowest BCUT2D eigenvalue weighted by atomic mass is 9.89. The molecule has 1 aliphatic carbocycles. The molecule has 0 heterocycles. The van der Waals surface area contributed by atoms with Gasteiger partial charge in [0.15, 0.2) is 0 Å². The summed E-state index contributed by atoms with van der Waals surface area (Å²) in [5.41, 5.74) is 4.07. The van der Waals surface area contributed by atoms with Crippen LogP contribution in [0, 0.1) is 5.92 Å². The highest BCUT2D eigenvalue weighted by Gasteiger charge is 2.21. The van der Waals surface area contributed by atoms with Crippen LogP contribution in [-0.2, 0) is 19.2 Å². The smallest absolute Gasteiger partial charge is 0.328 e. The van der Waals surface area contributed by atoms with Crippen LogP contribution in [0.25, 0.3) is 0 Å². The molecule has 1 rings (SSSR count). The van der Waals surface area contributed by atoms with E-state index < -0.39 is 17.8 Å². The SMILES string of the molecule is O=C(O)/C=C/C(=O)NNC(=O)CNC(=O)C1CCCCC1. The number of carboxylic acids is 1. The molecule has 3 amide bonds. The number of hydrazine groups is 1. The highest BCUT2D eigenvalue weighted by molar-refractivity contribution is 5.95. The summed E-state index contributed by atoms with van der Waals surface area (Å²) in [6.07, 6.45) is 6.27. The Morgan fingerprint density at radius 2 is 1.67 bits per heavy atom. The van der Waals surface area contributed by atoms with Crippen LogP contribution in [0.15, 0.2) is 12.2 Å². The van der Waals surface area contributed by atoms with Crippen molar-refractivity contribution in [3.05, 3.63) is 12.2 Å². The minimum Gasteiger partial charge on any atom is -0.478 e. The van der Waals surface area contributed by atoms with Crippen LogP contribution in [0.2, 0.25) is 0 Å². The van der Waals surface area contributed by atoms with E-state index >= 15 is 0 Å². The van der Waals surface area contributed by atoms with Gasteiger partial charge >= 0.3 is 5.97 Å². The lowest BCUT2D eigenvalue weighted by molar-refractivity contribution is -0.132. The minimum atomic E-state index is -1.27. The van der Waals surface area contributed by atoms with E-state index in [0.29, 0.717) is 6.08 Å². The maximum atomic E-state index is 11.8. The summed E-state index contributed by atoms with van der Waals surface area (Å²) in [4.78, 5) is 44.4. The molecule has 0 aromatic carbocycles. The Hall–Kier alpha value is -2.38. The van der Waals surface area contributed by atoms with Gasteiger partial charge in [0.25, 0.3) is 11.8 Å². The van der Waals surface area contributed by atoms with Gasteiger partial charge in [0.2, 0.25) is 5.91 Å². The third-order valence-corrected chi connectivity index (χ3v) is 3.10. The Labute approximate surface area is 121 Å². The van der Waals surface area contributed by atoms with Crippen LogP contribution in [0.4, 0.5) is 0 Å². The first kappa shape index (κ1) is 16.7. The lowest BCUT2D eigenvalue weighted by Crippen LogP contribution is -2.46. The fourth-order valence-electron chi connectivity index (χ4n) is 2.04. The lowest BCUT2D eigenvalue weighted by Gasteiger charge is -2.20. The zero-order chi connectivity index (χ0) is 15.7. The highest BCUT2D eigenvalue weighted by Crippen LogP contribution is 2.23. The molecule has 0 aliphatic heterocycles. The van der Waals surface area contributed by atoms with E-state index in [2.05, 4.69) is 10.7 Å². The molecule has 1 fully saturated rings. The largest absolute Gasteiger partial charge is 0.478 e. The highest BCUT2D eigenvalue weighted by atomic mass is 16.4. The molecule has 1 saturated carbocycles. The van der Waals surface area contributed by atoms with Gasteiger partial charge in [-0.15, -0.1) is 0 Å². The van der Waals surface area contributed by atoms with Gasteiger partial charge in [-0.25, -0.2) is 4.79 Å². The summed E-state index contributed by atoms with van der Waals surface area (Å²) < 4.78 is 0. The van der Waals surface area contributed by atoms with E-state index in [1.165, 1.54) is 0 Å². The summed E-state index contributed by atoms with van der Waals surface area (Å²) in [7, 11) is 0. The number of hydrogen-bond acceptors (Lipinski definition) is 4. The van der Waals surface area contributed by atoms with Gasteiger partial charge in [0.1, 0.15) is 0 Å². The molecular formula is C13H19N3O5. The molecule has 0 atom stereocenters. The Bertz CT molecular complexity index is 441. The average molecular weight is 297 g/mol. The minimum absolute atomic E-state index is 0.0420. The normalized spacial score (nSPS) is 15.4. The van der Waals surface area contributed by atoms with Gasteiger partial charge in [-0.3, -0.25) is 25.2 Å². The number of carboxylic acid groups (broad SMARTS) is 1. The van der Waals surface area contributed by atoms with Crippen molar-refractivity contribution in [2.75, 3.05) is 6.54 Å². The van der Waals surface area contributed by atoms with E-state index in [1.54, 1.807) is 0 Å². The van der Waals surface area contributed by atoms with E-state index in [0.717, 1.165) is 38.2 Å². The standard InChI is InChI=1S/C13H19N3O5/c17-10(6-7-12(19)20)15-16-11(18)8-14-13(21)9-4-2-1-3-5-9/h6-7,9H,1-5,8H2,(H,14,21)(H,15,17)(H,16,18)(H,19,20)/b7-6+. The summed E-state index contributed by atoms with van der Waals surface area (Å²) in [6, 6.07) is 0. The van der Waals surface area contributed by atoms with Crippen molar-refractivity contribution < 1.29 is 24.3 Å². The van der Waals surface area contributed by atoms with E-state index in [-0.39, 0.29) is 18.4 Å². The fraction of sp³-hybridized carbons (Fsp3) is 0.538. The van der Waals surface area contributed by atoms with Crippen LogP contribution in [0.1, 0.15) is 32.1 Å². The van der Waals surface area contributed by atoms with Crippen molar-refractivity contribution >= 4 is 23.7 Å². The molecule has 0 bridgehead atoms. The molecule has 21 heavy (non-hydrogen) atoms. The number of nitrogens with one attached hydrogen (secondary N) is 3. The molecular weight excluding hydrogens is 278 g/mol. The first-order valence-corrected chi connectivity index (χ1v) is 6.76. The van der Waals surface area contributed by atoms with Crippen LogP contribution in [0.5, 0.6) is 0 Å². The molecule has 0 aromatic heterocycles. The number of aliphatic carboxylic acids is 1. The molecule has 0 unspecified atom stereocenters. The Morgan fingerprint density at radius 3 is 2.29 bits per heavy atom. The Kier molecular flexibility index (Phi) is 6.93. The van der Waals surface area contributed by atoms with Crippen molar-refractivity contribution in [1.82, 2.24) is 16.2 Å². The molecule has 1 aliphatic rings. The van der Waals surface area contributed by atoms with Crippen LogP contribution >= 0.6 is 0 Å². The topological polar surface area (TPSA) is 125 Å². The quantitative estimate of drug-likeness (QED) is 0.401. The summed E-state index contributed by atoms with van der Waals surface area (Å²) in [5, 5.41) is 10.8. The van der Waals surface area contributed by atoms with Gasteiger partial charge in [-0.1, -0.05) is 19.3 Å². The average Bonchev–Trinajstić information content (AvgIpc) is 2.49. The molecule has 0 aromatic rings. The zero-order valence-corrected chi connectivity index (χ0v) is 11.6. The maximum Gasteiger partial charge on any atom is 0.328 e. The molecule has 8 heteroatoms. The zero-order valence-electron chi connectivity index (χ0n) is 11.6. The van der Waals surface area contributed by atoms with Gasteiger partial charge in [-0.2, -0.15) is 0 Å². The monoisotopic (exact) mass is 297 g/mol. The second-order valence-electron chi connectivity index (χ2n) is 4.76. The predicted octanol–water partition coefficient (Wildman–Crippen LogP) is -0.529. The Morgan fingerprint density at radius 1 is 1.00 bits per heavy atom. The van der Waals surface area contributed by atoms with Crippen molar-refractivity contribution in [2.45, 2.75) is 32.1 Å². The van der Waals surface area contributed by atoms with Gasteiger partial charge in [0.05, 0.1) is 6.54 Å². The van der Waals surface area contributed by atoms with E-state index in [4.69, 9.17) is 5.11 Å². The summed E-state index contributed by atoms with van der Waals surface area (Å²) in [6.45, 7) is -0.238. The van der Waals surface area contributed by atoms with Gasteiger partial charge in [0, 0.05) is 18.1 Å². The van der Waals surface area contributed by atoms with Crippen molar-refractivity contribution in [1.29, 1.82) is 0 Å². The molecule has 0 spiro atoms. The number of carbonyl (C=O) groups excluding carboxylic acids is 3. The molecule has 8 nitrogen and oxygen atoms in total. The number of rotatable bonds is 5. The Balaban J connectivity index is 2.20. The number of hydrogen-bond donors (Lipinski definition) is 4. The van der Waals surface area contributed by atoms with Crippen LogP contribution in [0.3, 0.4) is 0 Å². The number of amides is 3.